The number of nitrogens with one attached hydrogen (secondary N) is 1. The van der Waals surface area contributed by atoms with Crippen molar-refractivity contribution in [2.24, 2.45) is 9.98 Å². The fraction of sp³-hybridized carbons (Fsp3) is 0.0145. The van der Waals surface area contributed by atoms with E-state index in [1.54, 1.807) is 0 Å². The maximum Gasteiger partial charge on any atom is 0.159 e. The van der Waals surface area contributed by atoms with Gasteiger partial charge in [0.15, 0.2) is 5.84 Å². The van der Waals surface area contributed by atoms with Gasteiger partial charge in [-0.2, -0.15) is 0 Å². The number of hydrogen-bond acceptors (Lipinski definition) is 4. The van der Waals surface area contributed by atoms with Crippen LogP contribution in [-0.2, 0) is 0 Å². The minimum atomic E-state index is -0.404. The average Bonchev–Trinajstić information content (AvgIpc) is 4.16. The van der Waals surface area contributed by atoms with E-state index in [1.807, 2.05) is 24.3 Å². The Kier molecular flexibility index (Phi) is 9.85. The van der Waals surface area contributed by atoms with Gasteiger partial charge in [0, 0.05) is 49.1 Å². The molecule has 0 amide bonds. The number of aliphatic imine (C=N–C) groups is 2. The zero-order valence-corrected chi connectivity index (χ0v) is 40.6. The van der Waals surface area contributed by atoms with Crippen molar-refractivity contribution < 1.29 is 4.42 Å². The Labute approximate surface area is 432 Å². The van der Waals surface area contributed by atoms with Crippen LogP contribution in [0, 0.1) is 0 Å². The summed E-state index contributed by atoms with van der Waals surface area (Å²) >= 11 is 0. The van der Waals surface area contributed by atoms with Crippen LogP contribution in [0.5, 0.6) is 0 Å². The van der Waals surface area contributed by atoms with Gasteiger partial charge in [-0.25, -0.2) is 9.98 Å². The van der Waals surface area contributed by atoms with Gasteiger partial charge in [-0.15, -0.1) is 0 Å². The lowest BCUT2D eigenvalue weighted by atomic mass is 9.95. The van der Waals surface area contributed by atoms with Gasteiger partial charge in [0.25, 0.3) is 0 Å². The molecule has 1 aliphatic heterocycles. The number of rotatable bonds is 8. The molecule has 0 spiro atoms. The van der Waals surface area contributed by atoms with Gasteiger partial charge in [0.1, 0.15) is 23.2 Å². The second kappa shape index (κ2) is 17.3. The molecule has 3 aromatic heterocycles. The van der Waals surface area contributed by atoms with Gasteiger partial charge in [-0.05, 0) is 112 Å². The van der Waals surface area contributed by atoms with Crippen LogP contribution in [0.2, 0.25) is 0 Å². The standard InChI is InChI=1S/C69H45N5O/c1-5-19-44(20-6-1)47-35-38-55-61(42-47)73(50-25-11-4-12-26-50)59-32-17-29-53(66(55)59)52-30-18-33-60-65(52)54-28-13-15-31-58(54)74(60)62-43-48(45-21-7-2-8-22-45)36-39-56(62)69-71-67(46-23-9-3-10-24-46)70-68(72-69)49-37-40-64-57(41-49)51-27-14-16-34-63(51)75-64/h1-43,67H,(H,70,71,72). The molecule has 11 aromatic carbocycles. The molecule has 1 unspecified atom stereocenters. The molecule has 14 aromatic rings. The van der Waals surface area contributed by atoms with Crippen molar-refractivity contribution in [3.63, 3.8) is 0 Å². The third-order valence-corrected chi connectivity index (χ3v) is 15.0. The average molecular weight is 960 g/mol. The van der Waals surface area contributed by atoms with Crippen LogP contribution in [0.15, 0.2) is 275 Å². The van der Waals surface area contributed by atoms with Crippen LogP contribution in [-0.4, -0.2) is 20.8 Å². The van der Waals surface area contributed by atoms with Gasteiger partial charge in [-0.3, -0.25) is 0 Å². The molecular formula is C69H45N5O. The lowest BCUT2D eigenvalue weighted by Gasteiger charge is -2.25. The molecule has 0 saturated carbocycles. The lowest BCUT2D eigenvalue weighted by Crippen LogP contribution is -2.34. The molecule has 0 radical (unpaired) electrons. The fourth-order valence-electron chi connectivity index (χ4n) is 11.6. The Morgan fingerprint density at radius 2 is 0.920 bits per heavy atom. The van der Waals surface area contributed by atoms with E-state index in [-0.39, 0.29) is 0 Å². The number of para-hydroxylation sites is 3. The molecule has 1 aliphatic rings. The van der Waals surface area contributed by atoms with Crippen molar-refractivity contribution in [3.8, 4) is 44.8 Å². The van der Waals surface area contributed by atoms with Crippen LogP contribution in [0.1, 0.15) is 22.9 Å². The van der Waals surface area contributed by atoms with Gasteiger partial charge in [-0.1, -0.05) is 188 Å². The predicted octanol–water partition coefficient (Wildman–Crippen LogP) is 17.3. The highest BCUT2D eigenvalue weighted by Crippen LogP contribution is 2.45. The molecule has 1 N–H and O–H groups in total. The zero-order valence-electron chi connectivity index (χ0n) is 40.6. The molecule has 0 fully saturated rings. The van der Waals surface area contributed by atoms with Crippen molar-refractivity contribution >= 4 is 77.2 Å². The largest absolute Gasteiger partial charge is 0.456 e. The van der Waals surface area contributed by atoms with E-state index < -0.39 is 6.17 Å². The van der Waals surface area contributed by atoms with Crippen LogP contribution in [0.4, 0.5) is 0 Å². The summed E-state index contributed by atoms with van der Waals surface area (Å²) in [7, 11) is 0. The first kappa shape index (κ1) is 42.6. The molecular weight excluding hydrogens is 915 g/mol. The monoisotopic (exact) mass is 959 g/mol. The molecule has 75 heavy (non-hydrogen) atoms. The summed E-state index contributed by atoms with van der Waals surface area (Å²) in [5.74, 6) is 1.38. The Morgan fingerprint density at radius 3 is 1.65 bits per heavy atom. The van der Waals surface area contributed by atoms with Gasteiger partial charge < -0.3 is 18.9 Å². The highest BCUT2D eigenvalue weighted by molar-refractivity contribution is 6.23. The van der Waals surface area contributed by atoms with Crippen LogP contribution in [0.25, 0.3) is 110 Å². The molecule has 0 aliphatic carbocycles. The number of benzene rings is 11. The smallest absolute Gasteiger partial charge is 0.159 e. The Balaban J connectivity index is 0.971. The minimum absolute atomic E-state index is 0.404. The molecule has 15 rings (SSSR count). The fourth-order valence-corrected chi connectivity index (χ4v) is 11.6. The summed E-state index contributed by atoms with van der Waals surface area (Å²) in [6.07, 6.45) is -0.404. The number of fused-ring (bicyclic) bond motifs is 9. The first-order valence-electron chi connectivity index (χ1n) is 25.5. The predicted molar refractivity (Wildman–Crippen MR) is 311 cm³/mol. The Morgan fingerprint density at radius 1 is 0.360 bits per heavy atom. The van der Waals surface area contributed by atoms with Crippen molar-refractivity contribution in [1.29, 1.82) is 0 Å². The van der Waals surface area contributed by atoms with Crippen molar-refractivity contribution in [2.45, 2.75) is 6.17 Å². The summed E-state index contributed by atoms with van der Waals surface area (Å²) in [4.78, 5) is 10.8. The summed E-state index contributed by atoms with van der Waals surface area (Å²) in [5, 5.41) is 10.7. The van der Waals surface area contributed by atoms with Gasteiger partial charge in [0.05, 0.1) is 27.8 Å². The number of amidine groups is 2. The quantitative estimate of drug-likeness (QED) is 0.165. The normalized spacial score (nSPS) is 13.7. The molecule has 6 heteroatoms. The number of aromatic nitrogens is 2. The maximum atomic E-state index is 6.27. The minimum Gasteiger partial charge on any atom is -0.456 e. The van der Waals surface area contributed by atoms with Crippen LogP contribution in [0.3, 0.4) is 0 Å². The highest BCUT2D eigenvalue weighted by Gasteiger charge is 2.27. The van der Waals surface area contributed by atoms with E-state index >= 15 is 0 Å². The molecule has 6 nitrogen and oxygen atoms in total. The second-order valence-electron chi connectivity index (χ2n) is 19.3. The molecule has 352 valence electrons. The molecule has 0 saturated heterocycles. The lowest BCUT2D eigenvalue weighted by molar-refractivity contribution is 0.668. The summed E-state index contributed by atoms with van der Waals surface area (Å²) in [6.45, 7) is 0. The number of furan rings is 1. The molecule has 0 bridgehead atoms. The van der Waals surface area contributed by atoms with Crippen molar-refractivity contribution in [1.82, 2.24) is 14.5 Å². The molecule has 4 heterocycles. The van der Waals surface area contributed by atoms with E-state index in [4.69, 9.17) is 14.4 Å². The third kappa shape index (κ3) is 7.02. The van der Waals surface area contributed by atoms with Crippen LogP contribution >= 0.6 is 0 Å². The number of hydrogen-bond donors (Lipinski definition) is 1. The Bertz CT molecular complexity index is 4600. The van der Waals surface area contributed by atoms with E-state index in [2.05, 4.69) is 251 Å². The van der Waals surface area contributed by atoms with Gasteiger partial charge in [0.2, 0.25) is 0 Å². The van der Waals surface area contributed by atoms with Gasteiger partial charge >= 0.3 is 0 Å². The Hall–Kier alpha value is -10.0. The number of nitrogens with zero attached hydrogens (tertiary/aromatic N) is 4. The molecule has 1 atom stereocenters. The summed E-state index contributed by atoms with van der Waals surface area (Å²) in [5.41, 5.74) is 18.2. The third-order valence-electron chi connectivity index (χ3n) is 15.0. The van der Waals surface area contributed by atoms with E-state index in [0.717, 1.165) is 94.4 Å². The zero-order chi connectivity index (χ0) is 49.4. The van der Waals surface area contributed by atoms with E-state index in [1.165, 1.54) is 38.4 Å². The van der Waals surface area contributed by atoms with Crippen molar-refractivity contribution in [2.75, 3.05) is 0 Å². The SMILES string of the molecule is c1ccc(-c2ccc(C3=NC(c4ccc5oc6ccccc6c5c4)=NC(c4ccccc4)N3)c(-n3c4ccccc4c4c(-c5cccc6c5c5ccc(-c7ccccc7)cc5n6-c5ccccc5)cccc43)c2)cc1. The summed E-state index contributed by atoms with van der Waals surface area (Å²) in [6, 6.07) is 93.2. The maximum absolute atomic E-state index is 6.27. The van der Waals surface area contributed by atoms with Crippen molar-refractivity contribution in [3.05, 3.63) is 278 Å². The van der Waals surface area contributed by atoms with Crippen LogP contribution < -0.4 is 5.32 Å². The first-order valence-corrected chi connectivity index (χ1v) is 25.5. The van der Waals surface area contributed by atoms with E-state index in [0.29, 0.717) is 5.84 Å². The first-order chi connectivity index (χ1) is 37.2. The topological polar surface area (TPSA) is 59.8 Å². The summed E-state index contributed by atoms with van der Waals surface area (Å²) < 4.78 is 11.2. The van der Waals surface area contributed by atoms with E-state index in [9.17, 15) is 0 Å². The second-order valence-corrected chi connectivity index (χ2v) is 19.3. The highest BCUT2D eigenvalue weighted by atomic mass is 16.3.